The topological polar surface area (TPSA) is 16.8 Å². The Morgan fingerprint density at radius 1 is 0.880 bits per heavy atom. The Balaban J connectivity index is 2.01. The van der Waals surface area contributed by atoms with Crippen LogP contribution in [0.25, 0.3) is 22.4 Å². The van der Waals surface area contributed by atoms with E-state index < -0.39 is 0 Å². The van der Waals surface area contributed by atoms with Gasteiger partial charge in [0.15, 0.2) is 6.20 Å². The highest BCUT2D eigenvalue weighted by molar-refractivity contribution is 5.83. The van der Waals surface area contributed by atoms with Crippen LogP contribution >= 0.6 is 0 Å². The molecule has 2 aromatic heterocycles. The van der Waals surface area contributed by atoms with Crippen molar-refractivity contribution in [3.63, 3.8) is 0 Å². The normalized spacial score (nSPS) is 14.3. The Morgan fingerprint density at radius 2 is 1.64 bits per heavy atom. The quantitative estimate of drug-likeness (QED) is 0.586. The van der Waals surface area contributed by atoms with E-state index in [1.807, 2.05) is 12.3 Å². The molecule has 0 radical (unpaired) electrons. The van der Waals surface area contributed by atoms with Gasteiger partial charge >= 0.3 is 0 Å². The van der Waals surface area contributed by atoms with Gasteiger partial charge in [0.2, 0.25) is 5.69 Å². The summed E-state index contributed by atoms with van der Waals surface area (Å²) in [6.45, 7) is 11.1. The minimum absolute atomic E-state index is 0.0411. The van der Waals surface area contributed by atoms with Gasteiger partial charge in [-0.2, -0.15) is 0 Å². The lowest BCUT2D eigenvalue weighted by Gasteiger charge is -2.21. The summed E-state index contributed by atoms with van der Waals surface area (Å²) < 4.78 is 2.24. The maximum atomic E-state index is 4.70. The zero-order chi connectivity index (χ0) is 17.9. The highest BCUT2D eigenvalue weighted by Gasteiger charge is 2.37. The van der Waals surface area contributed by atoms with Crippen LogP contribution in [0.1, 0.15) is 41.8 Å². The maximum absolute atomic E-state index is 4.70. The van der Waals surface area contributed by atoms with Crippen molar-refractivity contribution in [2.75, 3.05) is 0 Å². The molecule has 0 spiro atoms. The molecule has 126 valence electrons. The average Bonchev–Trinajstić information content (AvgIpc) is 2.79. The van der Waals surface area contributed by atoms with Crippen LogP contribution in [0, 0.1) is 20.8 Å². The Bertz CT molecular complexity index is 1010. The van der Waals surface area contributed by atoms with Gasteiger partial charge in [-0.3, -0.25) is 4.98 Å². The molecular formula is C23H25N2+. The maximum Gasteiger partial charge on any atom is 0.212 e. The lowest BCUT2D eigenvalue weighted by molar-refractivity contribution is -0.660. The number of hydrogen-bond donors (Lipinski definition) is 0. The summed E-state index contributed by atoms with van der Waals surface area (Å²) in [4.78, 5) is 4.70. The third kappa shape index (κ3) is 2.24. The van der Waals surface area contributed by atoms with E-state index in [2.05, 4.69) is 76.7 Å². The van der Waals surface area contributed by atoms with Crippen LogP contribution in [0.5, 0.6) is 0 Å². The highest BCUT2D eigenvalue weighted by atomic mass is 14.9. The number of hydrogen-bond acceptors (Lipinski definition) is 1. The third-order valence-electron chi connectivity index (χ3n) is 5.75. The van der Waals surface area contributed by atoms with E-state index in [4.69, 9.17) is 4.98 Å². The minimum atomic E-state index is -0.0411. The molecule has 1 aliphatic carbocycles. The van der Waals surface area contributed by atoms with Crippen molar-refractivity contribution < 1.29 is 4.57 Å². The summed E-state index contributed by atoms with van der Waals surface area (Å²) in [5, 5.41) is 0. The summed E-state index contributed by atoms with van der Waals surface area (Å²) in [6, 6.07) is 11.3. The fourth-order valence-electron chi connectivity index (χ4n) is 4.12. The molecule has 4 rings (SSSR count). The first-order valence-electron chi connectivity index (χ1n) is 8.89. The largest absolute Gasteiger partial charge is 0.260 e. The van der Waals surface area contributed by atoms with Crippen molar-refractivity contribution in [1.29, 1.82) is 0 Å². The second-order valence-corrected chi connectivity index (χ2v) is 7.87. The Labute approximate surface area is 150 Å². The van der Waals surface area contributed by atoms with Gasteiger partial charge in [-0.15, -0.1) is 0 Å². The zero-order valence-electron chi connectivity index (χ0n) is 15.9. The summed E-state index contributed by atoms with van der Waals surface area (Å²) in [5.41, 5.74) is 11.7. The predicted octanol–water partition coefficient (Wildman–Crippen LogP) is 4.80. The van der Waals surface area contributed by atoms with E-state index in [1.54, 1.807) is 0 Å². The van der Waals surface area contributed by atoms with Gasteiger partial charge in [0, 0.05) is 34.4 Å². The van der Waals surface area contributed by atoms with Gasteiger partial charge in [-0.1, -0.05) is 26.0 Å². The van der Waals surface area contributed by atoms with E-state index in [9.17, 15) is 0 Å². The van der Waals surface area contributed by atoms with E-state index in [0.717, 1.165) is 0 Å². The van der Waals surface area contributed by atoms with Gasteiger partial charge < -0.3 is 0 Å². The molecule has 0 unspecified atom stereocenters. The van der Waals surface area contributed by atoms with Crippen LogP contribution in [0.4, 0.5) is 0 Å². The molecular weight excluding hydrogens is 304 g/mol. The molecule has 1 aliphatic rings. The number of aromatic nitrogens is 2. The standard InChI is InChI=1S/C23H25N2/c1-14-11-21(25(6)13-16(14)3)18-12-19-17-8-7-9-24-22(17)23(4,5)20(19)10-15(18)2/h7-13H,1-6H3/q+1. The smallest absolute Gasteiger partial charge is 0.212 e. The summed E-state index contributed by atoms with van der Waals surface area (Å²) in [6.07, 6.45) is 4.13. The molecule has 0 saturated heterocycles. The number of aryl methyl sites for hydroxylation is 4. The van der Waals surface area contributed by atoms with Crippen LogP contribution in [0.15, 0.2) is 42.7 Å². The van der Waals surface area contributed by atoms with Gasteiger partial charge in [-0.05, 0) is 55.2 Å². The summed E-state index contributed by atoms with van der Waals surface area (Å²) in [5.74, 6) is 0. The molecule has 0 aliphatic heterocycles. The number of benzene rings is 1. The Hall–Kier alpha value is -2.48. The van der Waals surface area contributed by atoms with E-state index in [-0.39, 0.29) is 5.41 Å². The Kier molecular flexibility index (Phi) is 3.37. The van der Waals surface area contributed by atoms with Crippen molar-refractivity contribution in [3.8, 4) is 22.4 Å². The molecule has 0 bridgehead atoms. The molecule has 0 fully saturated rings. The second kappa shape index (κ2) is 5.26. The summed E-state index contributed by atoms with van der Waals surface area (Å²) >= 11 is 0. The van der Waals surface area contributed by atoms with Gasteiger partial charge in [0.1, 0.15) is 7.05 Å². The van der Waals surface area contributed by atoms with Gasteiger partial charge in [-0.25, -0.2) is 4.57 Å². The van der Waals surface area contributed by atoms with Crippen LogP contribution in [0.3, 0.4) is 0 Å². The van der Waals surface area contributed by atoms with E-state index >= 15 is 0 Å². The molecule has 1 aromatic carbocycles. The number of fused-ring (bicyclic) bond motifs is 3. The highest BCUT2D eigenvalue weighted by Crippen LogP contribution is 2.49. The fraction of sp³-hybridized carbons (Fsp3) is 0.304. The molecule has 25 heavy (non-hydrogen) atoms. The first kappa shape index (κ1) is 16.0. The lowest BCUT2D eigenvalue weighted by atomic mass is 9.83. The molecule has 2 nitrogen and oxygen atoms in total. The van der Waals surface area contributed by atoms with Gasteiger partial charge in [0.05, 0.1) is 5.69 Å². The van der Waals surface area contributed by atoms with Crippen LogP contribution in [-0.4, -0.2) is 4.98 Å². The zero-order valence-corrected chi connectivity index (χ0v) is 15.9. The van der Waals surface area contributed by atoms with E-state index in [0.29, 0.717) is 0 Å². The average molecular weight is 329 g/mol. The molecule has 0 N–H and O–H groups in total. The SMILES string of the molecule is Cc1cc(-c2cc3c(cc2C)C(C)(C)c2ncccc2-3)[n+](C)cc1C. The van der Waals surface area contributed by atoms with Crippen LogP contribution in [0.2, 0.25) is 0 Å². The number of pyridine rings is 2. The number of rotatable bonds is 1. The third-order valence-corrected chi connectivity index (χ3v) is 5.75. The van der Waals surface area contributed by atoms with E-state index in [1.165, 1.54) is 50.3 Å². The molecule has 3 aromatic rings. The minimum Gasteiger partial charge on any atom is -0.260 e. The van der Waals surface area contributed by atoms with Crippen LogP contribution in [-0.2, 0) is 12.5 Å². The van der Waals surface area contributed by atoms with Crippen molar-refractivity contribution in [1.82, 2.24) is 4.98 Å². The van der Waals surface area contributed by atoms with Gasteiger partial charge in [0.25, 0.3) is 0 Å². The number of nitrogens with zero attached hydrogens (tertiary/aromatic N) is 2. The first-order chi connectivity index (χ1) is 11.8. The molecule has 0 saturated carbocycles. The fourth-order valence-corrected chi connectivity index (χ4v) is 4.12. The van der Waals surface area contributed by atoms with Crippen molar-refractivity contribution >= 4 is 0 Å². The lowest BCUT2D eigenvalue weighted by Crippen LogP contribution is -2.31. The predicted molar refractivity (Wildman–Crippen MR) is 103 cm³/mol. The Morgan fingerprint density at radius 3 is 2.40 bits per heavy atom. The molecule has 2 heterocycles. The second-order valence-electron chi connectivity index (χ2n) is 7.87. The van der Waals surface area contributed by atoms with Crippen molar-refractivity contribution in [2.45, 2.75) is 40.0 Å². The monoisotopic (exact) mass is 329 g/mol. The van der Waals surface area contributed by atoms with Crippen molar-refractivity contribution in [3.05, 3.63) is 70.7 Å². The molecule has 0 atom stereocenters. The van der Waals surface area contributed by atoms with Crippen molar-refractivity contribution in [2.24, 2.45) is 7.05 Å². The molecule has 2 heteroatoms. The van der Waals surface area contributed by atoms with Crippen LogP contribution < -0.4 is 4.57 Å². The first-order valence-corrected chi connectivity index (χ1v) is 8.89. The summed E-state index contributed by atoms with van der Waals surface area (Å²) in [7, 11) is 2.13. The molecule has 0 amide bonds.